The van der Waals surface area contributed by atoms with Crippen LogP contribution in [0.25, 0.3) is 5.65 Å². The van der Waals surface area contributed by atoms with Gasteiger partial charge in [-0.05, 0) is 13.0 Å². The number of aryl methyl sites for hydroxylation is 1. The van der Waals surface area contributed by atoms with E-state index in [2.05, 4.69) is 15.0 Å². The largest absolute Gasteiger partial charge is 0.378 e. The van der Waals surface area contributed by atoms with Crippen LogP contribution in [0.4, 0.5) is 5.82 Å². The monoisotopic (exact) mass is 218 g/mol. The fourth-order valence-electron chi connectivity index (χ4n) is 1.94. The van der Waals surface area contributed by atoms with Gasteiger partial charge in [0.1, 0.15) is 5.82 Å². The molecule has 5 nitrogen and oxygen atoms in total. The molecule has 0 spiro atoms. The van der Waals surface area contributed by atoms with Gasteiger partial charge >= 0.3 is 0 Å². The fourth-order valence-corrected chi connectivity index (χ4v) is 1.94. The van der Waals surface area contributed by atoms with E-state index in [1.807, 2.05) is 25.4 Å². The maximum absolute atomic E-state index is 5.33. The third-order valence-electron chi connectivity index (χ3n) is 2.87. The molecule has 3 rings (SSSR count). The number of rotatable bonds is 1. The Morgan fingerprint density at radius 2 is 2.12 bits per heavy atom. The van der Waals surface area contributed by atoms with E-state index < -0.39 is 0 Å². The average Bonchev–Trinajstić information content (AvgIpc) is 2.72. The van der Waals surface area contributed by atoms with Crippen molar-refractivity contribution in [2.24, 2.45) is 0 Å². The highest BCUT2D eigenvalue weighted by Gasteiger charge is 2.13. The normalized spacial score (nSPS) is 16.9. The topological polar surface area (TPSA) is 42.7 Å². The van der Waals surface area contributed by atoms with E-state index in [0.29, 0.717) is 0 Å². The summed E-state index contributed by atoms with van der Waals surface area (Å²) < 4.78 is 7.14. The molecule has 0 unspecified atom stereocenters. The molecule has 16 heavy (non-hydrogen) atoms. The molecule has 0 bridgehead atoms. The molecule has 0 amide bonds. The lowest BCUT2D eigenvalue weighted by molar-refractivity contribution is 0.122. The lowest BCUT2D eigenvalue weighted by Gasteiger charge is -2.27. The van der Waals surface area contributed by atoms with Crippen molar-refractivity contribution in [3.05, 3.63) is 24.0 Å². The Balaban J connectivity index is 1.99. The van der Waals surface area contributed by atoms with Gasteiger partial charge in [-0.25, -0.2) is 9.50 Å². The highest BCUT2D eigenvalue weighted by molar-refractivity contribution is 5.52. The van der Waals surface area contributed by atoms with Gasteiger partial charge in [0.2, 0.25) is 0 Å². The van der Waals surface area contributed by atoms with Crippen molar-refractivity contribution >= 4 is 11.5 Å². The minimum Gasteiger partial charge on any atom is -0.378 e. The molecular formula is C11H14N4O. The Kier molecular flexibility index (Phi) is 2.25. The van der Waals surface area contributed by atoms with Gasteiger partial charge in [-0.15, -0.1) is 0 Å². The minimum absolute atomic E-state index is 0.783. The van der Waals surface area contributed by atoms with Gasteiger partial charge in [-0.1, -0.05) is 0 Å². The van der Waals surface area contributed by atoms with E-state index in [9.17, 15) is 0 Å². The first kappa shape index (κ1) is 9.59. The maximum Gasteiger partial charge on any atom is 0.160 e. The lowest BCUT2D eigenvalue weighted by Crippen LogP contribution is -2.36. The van der Waals surface area contributed by atoms with Crippen molar-refractivity contribution in [2.45, 2.75) is 6.92 Å². The van der Waals surface area contributed by atoms with Crippen molar-refractivity contribution < 1.29 is 4.74 Å². The van der Waals surface area contributed by atoms with Gasteiger partial charge in [-0.2, -0.15) is 5.10 Å². The fraction of sp³-hybridized carbons (Fsp3) is 0.455. The quantitative estimate of drug-likeness (QED) is 0.712. The molecular weight excluding hydrogens is 204 g/mol. The smallest absolute Gasteiger partial charge is 0.160 e. The van der Waals surface area contributed by atoms with Crippen molar-refractivity contribution in [3.8, 4) is 0 Å². The molecule has 0 atom stereocenters. The molecule has 1 fully saturated rings. The number of morpholine rings is 1. The molecule has 0 aromatic carbocycles. The minimum atomic E-state index is 0.783. The van der Waals surface area contributed by atoms with Gasteiger partial charge in [0.25, 0.3) is 0 Å². The summed E-state index contributed by atoms with van der Waals surface area (Å²) in [6.45, 7) is 5.42. The highest BCUT2D eigenvalue weighted by Crippen LogP contribution is 2.15. The Morgan fingerprint density at radius 1 is 1.31 bits per heavy atom. The lowest BCUT2D eigenvalue weighted by atomic mass is 10.3. The molecule has 84 valence electrons. The first-order valence-electron chi connectivity index (χ1n) is 5.48. The molecule has 5 heteroatoms. The summed E-state index contributed by atoms with van der Waals surface area (Å²) in [5.74, 6) is 1.01. The van der Waals surface area contributed by atoms with Crippen molar-refractivity contribution in [2.75, 3.05) is 31.2 Å². The number of nitrogens with zero attached hydrogens (tertiary/aromatic N) is 4. The van der Waals surface area contributed by atoms with Crippen LogP contribution >= 0.6 is 0 Å². The Morgan fingerprint density at radius 3 is 2.94 bits per heavy atom. The molecule has 1 aliphatic heterocycles. The first-order chi connectivity index (χ1) is 7.84. The molecule has 2 aromatic heterocycles. The van der Waals surface area contributed by atoms with Crippen molar-refractivity contribution in [1.82, 2.24) is 14.6 Å². The molecule has 0 radical (unpaired) electrons. The van der Waals surface area contributed by atoms with E-state index in [1.165, 1.54) is 0 Å². The summed E-state index contributed by atoms with van der Waals surface area (Å²) in [5, 5.41) is 4.22. The van der Waals surface area contributed by atoms with Crippen LogP contribution in [0.5, 0.6) is 0 Å². The van der Waals surface area contributed by atoms with E-state index >= 15 is 0 Å². The Labute approximate surface area is 93.6 Å². The summed E-state index contributed by atoms with van der Waals surface area (Å²) in [7, 11) is 0. The number of fused-ring (bicyclic) bond motifs is 1. The molecule has 1 aliphatic rings. The van der Waals surface area contributed by atoms with Crippen LogP contribution in [-0.4, -0.2) is 40.9 Å². The zero-order valence-corrected chi connectivity index (χ0v) is 9.26. The Bertz CT molecular complexity index is 502. The second-order valence-electron chi connectivity index (χ2n) is 3.98. The molecule has 1 saturated heterocycles. The van der Waals surface area contributed by atoms with E-state index in [1.54, 1.807) is 4.52 Å². The maximum atomic E-state index is 5.33. The summed E-state index contributed by atoms with van der Waals surface area (Å²) in [6.07, 6.45) is 3.80. The van der Waals surface area contributed by atoms with Gasteiger partial charge in [-0.3, -0.25) is 0 Å². The zero-order valence-electron chi connectivity index (χ0n) is 9.26. The number of hydrogen-bond acceptors (Lipinski definition) is 4. The van der Waals surface area contributed by atoms with Gasteiger partial charge in [0.15, 0.2) is 5.65 Å². The van der Waals surface area contributed by atoms with Crippen molar-refractivity contribution in [1.29, 1.82) is 0 Å². The molecule has 2 aromatic rings. The average molecular weight is 218 g/mol. The standard InChI is InChI=1S/C11H14N4O/c1-9-8-12-15-3-2-10(13-11(9)15)14-4-6-16-7-5-14/h2-3,8H,4-7H2,1H3. The van der Waals surface area contributed by atoms with Gasteiger partial charge in [0, 0.05) is 24.8 Å². The van der Waals surface area contributed by atoms with Crippen molar-refractivity contribution in [3.63, 3.8) is 0 Å². The van der Waals surface area contributed by atoms with E-state index in [4.69, 9.17) is 4.74 Å². The second-order valence-corrected chi connectivity index (χ2v) is 3.98. The molecule has 0 aliphatic carbocycles. The SMILES string of the molecule is Cc1cnn2ccc(N3CCOCC3)nc12. The van der Waals surface area contributed by atoms with E-state index in [-0.39, 0.29) is 0 Å². The van der Waals surface area contributed by atoms with Crippen LogP contribution in [0.2, 0.25) is 0 Å². The Hall–Kier alpha value is -1.62. The third kappa shape index (κ3) is 1.53. The summed E-state index contributed by atoms with van der Waals surface area (Å²) in [5.41, 5.74) is 2.04. The number of hydrogen-bond donors (Lipinski definition) is 0. The van der Waals surface area contributed by atoms with Crippen LogP contribution in [0.1, 0.15) is 5.56 Å². The second kappa shape index (κ2) is 3.75. The van der Waals surface area contributed by atoms with Crippen LogP contribution < -0.4 is 4.90 Å². The zero-order chi connectivity index (χ0) is 11.0. The first-order valence-corrected chi connectivity index (χ1v) is 5.48. The summed E-state index contributed by atoms with van der Waals surface area (Å²) in [4.78, 5) is 6.88. The summed E-state index contributed by atoms with van der Waals surface area (Å²) >= 11 is 0. The number of anilines is 1. The molecule has 0 N–H and O–H groups in total. The number of ether oxygens (including phenoxy) is 1. The molecule has 0 saturated carbocycles. The van der Waals surface area contributed by atoms with E-state index in [0.717, 1.165) is 43.3 Å². The summed E-state index contributed by atoms with van der Waals surface area (Å²) in [6, 6.07) is 2.00. The van der Waals surface area contributed by atoms with Gasteiger partial charge < -0.3 is 9.64 Å². The highest BCUT2D eigenvalue weighted by atomic mass is 16.5. The van der Waals surface area contributed by atoms with Crippen LogP contribution in [0, 0.1) is 6.92 Å². The van der Waals surface area contributed by atoms with Crippen LogP contribution in [0.15, 0.2) is 18.5 Å². The number of aromatic nitrogens is 3. The predicted molar refractivity (Wildman–Crippen MR) is 60.8 cm³/mol. The molecule has 3 heterocycles. The van der Waals surface area contributed by atoms with Crippen LogP contribution in [0.3, 0.4) is 0 Å². The van der Waals surface area contributed by atoms with Crippen LogP contribution in [-0.2, 0) is 4.74 Å². The van der Waals surface area contributed by atoms with Gasteiger partial charge in [0.05, 0.1) is 19.4 Å². The third-order valence-corrected chi connectivity index (χ3v) is 2.87. The predicted octanol–water partition coefficient (Wildman–Crippen LogP) is 0.874.